The van der Waals surface area contributed by atoms with Crippen molar-refractivity contribution in [1.29, 1.82) is 0 Å². The maximum atomic E-state index is 12.8. The van der Waals surface area contributed by atoms with Crippen molar-refractivity contribution in [2.75, 3.05) is 51.9 Å². The van der Waals surface area contributed by atoms with E-state index in [1.54, 1.807) is 54.5 Å². The van der Waals surface area contributed by atoms with Crippen LogP contribution in [0.2, 0.25) is 0 Å². The van der Waals surface area contributed by atoms with Crippen LogP contribution < -0.4 is 10.1 Å². The van der Waals surface area contributed by atoms with Gasteiger partial charge in [-0.15, -0.1) is 0 Å². The largest absolute Gasteiger partial charge is 0.490 e. The van der Waals surface area contributed by atoms with Crippen molar-refractivity contribution >= 4 is 33.4 Å². The highest BCUT2D eigenvalue weighted by molar-refractivity contribution is 9.10. The molecule has 1 N–H and O–H groups in total. The number of nitrogens with one attached hydrogen (secondary N) is 1. The molecule has 0 atom stereocenters. The number of nitrogens with zero attached hydrogens (tertiary/aromatic N) is 1. The second-order valence-corrected chi connectivity index (χ2v) is 7.34. The van der Waals surface area contributed by atoms with Crippen LogP contribution in [0.4, 0.5) is 5.69 Å². The van der Waals surface area contributed by atoms with Gasteiger partial charge in [0.05, 0.1) is 25.4 Å². The topological polar surface area (TPSA) is 77.1 Å². The predicted octanol–water partition coefficient (Wildman–Crippen LogP) is 3.20. The van der Waals surface area contributed by atoms with E-state index in [-0.39, 0.29) is 11.8 Å². The first kappa shape index (κ1) is 21.3. The van der Waals surface area contributed by atoms with Gasteiger partial charge in [-0.1, -0.05) is 22.0 Å². The molecule has 1 heterocycles. The third-order valence-corrected chi connectivity index (χ3v) is 4.89. The molecule has 0 bridgehead atoms. The summed E-state index contributed by atoms with van der Waals surface area (Å²) in [6.07, 6.45) is 0. The summed E-state index contributed by atoms with van der Waals surface area (Å²) in [6.45, 7) is 2.96. The van der Waals surface area contributed by atoms with Gasteiger partial charge in [0.1, 0.15) is 12.4 Å². The molecule has 8 heteroatoms. The van der Waals surface area contributed by atoms with Crippen molar-refractivity contribution in [3.8, 4) is 5.75 Å². The number of anilines is 1. The molecule has 1 aliphatic heterocycles. The molecule has 0 saturated carbocycles. The van der Waals surface area contributed by atoms with E-state index in [2.05, 4.69) is 21.2 Å². The number of carbonyl (C=O) groups excluding carboxylic acids is 2. The van der Waals surface area contributed by atoms with Crippen LogP contribution in [0.5, 0.6) is 5.75 Å². The standard InChI is InChI=1S/C21H23BrN2O5/c1-27-11-12-29-19-6-5-16(22)14-18(19)20(25)23-17-4-2-3-15(13-17)21(26)24-7-9-28-10-8-24/h2-6,13-14H,7-12H2,1H3,(H,23,25). The summed E-state index contributed by atoms with van der Waals surface area (Å²) in [6, 6.07) is 12.1. The minimum atomic E-state index is -0.324. The molecule has 0 aromatic heterocycles. The molecule has 2 aromatic carbocycles. The van der Waals surface area contributed by atoms with E-state index in [1.807, 2.05) is 0 Å². The zero-order valence-electron chi connectivity index (χ0n) is 16.2. The second-order valence-electron chi connectivity index (χ2n) is 6.42. The fourth-order valence-electron chi connectivity index (χ4n) is 2.92. The number of rotatable bonds is 7. The quantitative estimate of drug-likeness (QED) is 0.639. The van der Waals surface area contributed by atoms with Gasteiger partial charge < -0.3 is 24.4 Å². The van der Waals surface area contributed by atoms with Gasteiger partial charge in [0.2, 0.25) is 0 Å². The number of hydrogen-bond acceptors (Lipinski definition) is 5. The Balaban J connectivity index is 1.74. The summed E-state index contributed by atoms with van der Waals surface area (Å²) < 4.78 is 16.7. The van der Waals surface area contributed by atoms with Gasteiger partial charge in [-0.05, 0) is 36.4 Å². The number of benzene rings is 2. The minimum Gasteiger partial charge on any atom is -0.490 e. The Hall–Kier alpha value is -2.42. The molecule has 29 heavy (non-hydrogen) atoms. The van der Waals surface area contributed by atoms with Gasteiger partial charge in [0, 0.05) is 35.9 Å². The lowest BCUT2D eigenvalue weighted by Gasteiger charge is -2.27. The number of hydrogen-bond donors (Lipinski definition) is 1. The first-order chi connectivity index (χ1) is 14.1. The van der Waals surface area contributed by atoms with E-state index in [4.69, 9.17) is 14.2 Å². The summed E-state index contributed by atoms with van der Waals surface area (Å²) >= 11 is 3.39. The Bertz CT molecular complexity index is 868. The van der Waals surface area contributed by atoms with E-state index in [0.717, 1.165) is 4.47 Å². The third-order valence-electron chi connectivity index (χ3n) is 4.40. The molecule has 0 unspecified atom stereocenters. The van der Waals surface area contributed by atoms with Crippen molar-refractivity contribution in [3.05, 3.63) is 58.1 Å². The van der Waals surface area contributed by atoms with Crippen LogP contribution in [0.25, 0.3) is 0 Å². The van der Waals surface area contributed by atoms with Crippen LogP contribution >= 0.6 is 15.9 Å². The molecule has 154 valence electrons. The van der Waals surface area contributed by atoms with Gasteiger partial charge in [-0.25, -0.2) is 0 Å². The van der Waals surface area contributed by atoms with Crippen molar-refractivity contribution in [1.82, 2.24) is 4.90 Å². The lowest BCUT2D eigenvalue weighted by Crippen LogP contribution is -2.40. The fourth-order valence-corrected chi connectivity index (χ4v) is 3.28. The minimum absolute atomic E-state index is 0.0737. The fraction of sp³-hybridized carbons (Fsp3) is 0.333. The van der Waals surface area contributed by atoms with E-state index in [1.165, 1.54) is 0 Å². The van der Waals surface area contributed by atoms with E-state index < -0.39 is 0 Å². The molecule has 3 rings (SSSR count). The number of halogens is 1. The lowest BCUT2D eigenvalue weighted by atomic mass is 10.1. The molecule has 0 aliphatic carbocycles. The molecule has 1 saturated heterocycles. The van der Waals surface area contributed by atoms with Crippen molar-refractivity contribution in [2.24, 2.45) is 0 Å². The average molecular weight is 463 g/mol. The number of carbonyl (C=O) groups is 2. The summed E-state index contributed by atoms with van der Waals surface area (Å²) in [5, 5.41) is 2.85. The van der Waals surface area contributed by atoms with Crippen molar-refractivity contribution in [2.45, 2.75) is 0 Å². The highest BCUT2D eigenvalue weighted by atomic mass is 79.9. The first-order valence-electron chi connectivity index (χ1n) is 9.28. The Morgan fingerprint density at radius 1 is 1.14 bits per heavy atom. The van der Waals surface area contributed by atoms with E-state index in [9.17, 15) is 9.59 Å². The molecule has 2 aromatic rings. The van der Waals surface area contributed by atoms with Gasteiger partial charge >= 0.3 is 0 Å². The molecule has 0 spiro atoms. The Morgan fingerprint density at radius 2 is 1.93 bits per heavy atom. The van der Waals surface area contributed by atoms with Crippen LogP contribution in [0.3, 0.4) is 0 Å². The van der Waals surface area contributed by atoms with Crippen LogP contribution in [0, 0.1) is 0 Å². The Kier molecular flexibility index (Phi) is 7.62. The highest BCUT2D eigenvalue weighted by Gasteiger charge is 2.19. The van der Waals surface area contributed by atoms with Crippen molar-refractivity contribution in [3.63, 3.8) is 0 Å². The molecular weight excluding hydrogens is 440 g/mol. The third kappa shape index (κ3) is 5.79. The normalized spacial score (nSPS) is 13.8. The summed E-state index contributed by atoms with van der Waals surface area (Å²) in [4.78, 5) is 27.3. The molecule has 2 amide bonds. The van der Waals surface area contributed by atoms with E-state index in [0.29, 0.717) is 62.1 Å². The maximum Gasteiger partial charge on any atom is 0.259 e. The van der Waals surface area contributed by atoms with Crippen LogP contribution in [-0.4, -0.2) is 63.3 Å². The maximum absolute atomic E-state index is 12.8. The van der Waals surface area contributed by atoms with Gasteiger partial charge in [-0.3, -0.25) is 9.59 Å². The highest BCUT2D eigenvalue weighted by Crippen LogP contribution is 2.25. The van der Waals surface area contributed by atoms with Gasteiger partial charge in [0.25, 0.3) is 11.8 Å². The molecule has 0 radical (unpaired) electrons. The van der Waals surface area contributed by atoms with Crippen molar-refractivity contribution < 1.29 is 23.8 Å². The lowest BCUT2D eigenvalue weighted by molar-refractivity contribution is 0.0303. The monoisotopic (exact) mass is 462 g/mol. The summed E-state index contributed by atoms with van der Waals surface area (Å²) in [7, 11) is 1.59. The first-order valence-corrected chi connectivity index (χ1v) is 10.1. The molecule has 7 nitrogen and oxygen atoms in total. The molecule has 1 aliphatic rings. The number of amides is 2. The summed E-state index contributed by atoms with van der Waals surface area (Å²) in [5.74, 6) is 0.0634. The zero-order chi connectivity index (χ0) is 20.6. The molecular formula is C21H23BrN2O5. The Labute approximate surface area is 178 Å². The number of methoxy groups -OCH3 is 1. The predicted molar refractivity (Wildman–Crippen MR) is 113 cm³/mol. The summed E-state index contributed by atoms with van der Waals surface area (Å²) in [5.41, 5.74) is 1.45. The molecule has 1 fully saturated rings. The van der Waals surface area contributed by atoms with Crippen LogP contribution in [0.15, 0.2) is 46.9 Å². The Morgan fingerprint density at radius 3 is 2.69 bits per heavy atom. The second kappa shape index (κ2) is 10.4. The van der Waals surface area contributed by atoms with Crippen LogP contribution in [-0.2, 0) is 9.47 Å². The zero-order valence-corrected chi connectivity index (χ0v) is 17.7. The average Bonchev–Trinajstić information content (AvgIpc) is 2.75. The van der Waals surface area contributed by atoms with Crippen LogP contribution in [0.1, 0.15) is 20.7 Å². The smallest absolute Gasteiger partial charge is 0.259 e. The number of morpholine rings is 1. The SMILES string of the molecule is COCCOc1ccc(Br)cc1C(=O)Nc1cccc(C(=O)N2CCOCC2)c1. The van der Waals surface area contributed by atoms with Gasteiger partial charge in [-0.2, -0.15) is 0 Å². The van der Waals surface area contributed by atoms with Gasteiger partial charge in [0.15, 0.2) is 0 Å². The van der Waals surface area contributed by atoms with E-state index >= 15 is 0 Å². The number of ether oxygens (including phenoxy) is 3.